The molecule has 2 aromatic rings. The Morgan fingerprint density at radius 3 is 2.62 bits per heavy atom. The van der Waals surface area contributed by atoms with Crippen LogP contribution in [0.3, 0.4) is 0 Å². The molecule has 1 heterocycles. The van der Waals surface area contributed by atoms with Crippen LogP contribution in [0.25, 0.3) is 11.4 Å². The first-order valence-electron chi connectivity index (χ1n) is 9.66. The van der Waals surface area contributed by atoms with Crippen molar-refractivity contribution in [1.29, 1.82) is 0 Å². The molecule has 0 unspecified atom stereocenters. The summed E-state index contributed by atoms with van der Waals surface area (Å²) < 4.78 is 10.6. The topological polar surface area (TPSA) is 84.6 Å². The van der Waals surface area contributed by atoms with Gasteiger partial charge in [-0.1, -0.05) is 29.6 Å². The summed E-state index contributed by atoms with van der Waals surface area (Å²) in [6, 6.07) is 7.34. The molecule has 0 saturated heterocycles. The molecule has 0 spiro atoms. The summed E-state index contributed by atoms with van der Waals surface area (Å²) in [6.45, 7) is 2.09. The van der Waals surface area contributed by atoms with Crippen molar-refractivity contribution in [1.82, 2.24) is 20.8 Å². The molecule has 7 nitrogen and oxygen atoms in total. The number of benzene rings is 1. The molecule has 0 aliphatic heterocycles. The standard InChI is InChI=1S/C20H28ClN5O2.HI/c1-22-19(24-14-20(11-12-27-2)9-3-4-10-20)23-13-17-25-18(26-28-17)15-5-7-16(21)8-6-15;/h5-8H,3-4,9-14H2,1-2H3,(H2,22,23,24);1H. The summed E-state index contributed by atoms with van der Waals surface area (Å²) in [5, 5.41) is 11.4. The van der Waals surface area contributed by atoms with Crippen LogP contribution in [0.2, 0.25) is 5.02 Å². The van der Waals surface area contributed by atoms with E-state index in [4.69, 9.17) is 20.9 Å². The van der Waals surface area contributed by atoms with Crippen molar-refractivity contribution in [3.05, 3.63) is 35.2 Å². The van der Waals surface area contributed by atoms with Crippen LogP contribution in [0.1, 0.15) is 38.0 Å². The molecule has 0 bridgehead atoms. The van der Waals surface area contributed by atoms with Gasteiger partial charge < -0.3 is 19.9 Å². The van der Waals surface area contributed by atoms with E-state index in [0.29, 0.717) is 28.7 Å². The maximum Gasteiger partial charge on any atom is 0.246 e. The first-order chi connectivity index (χ1) is 13.6. The zero-order valence-corrected chi connectivity index (χ0v) is 20.0. The summed E-state index contributed by atoms with van der Waals surface area (Å²) in [7, 11) is 3.53. The normalized spacial score (nSPS) is 15.8. The fraction of sp³-hybridized carbons (Fsp3) is 0.550. The summed E-state index contributed by atoms with van der Waals surface area (Å²) in [5.74, 6) is 1.78. The monoisotopic (exact) mass is 533 g/mol. The highest BCUT2D eigenvalue weighted by Gasteiger charge is 2.33. The number of guanidine groups is 1. The van der Waals surface area contributed by atoms with Crippen molar-refractivity contribution in [2.24, 2.45) is 10.4 Å². The molecule has 1 aliphatic rings. The number of hydrogen-bond acceptors (Lipinski definition) is 5. The largest absolute Gasteiger partial charge is 0.385 e. The molecule has 1 saturated carbocycles. The van der Waals surface area contributed by atoms with Crippen molar-refractivity contribution in [3.63, 3.8) is 0 Å². The van der Waals surface area contributed by atoms with Gasteiger partial charge in [0.25, 0.3) is 0 Å². The zero-order chi connectivity index (χ0) is 19.8. The fourth-order valence-electron chi connectivity index (χ4n) is 3.65. The van der Waals surface area contributed by atoms with Crippen LogP contribution in [0, 0.1) is 5.41 Å². The minimum atomic E-state index is 0. The predicted octanol–water partition coefficient (Wildman–Crippen LogP) is 4.27. The van der Waals surface area contributed by atoms with Crippen LogP contribution in [-0.4, -0.2) is 43.4 Å². The number of nitrogens with one attached hydrogen (secondary N) is 2. The zero-order valence-electron chi connectivity index (χ0n) is 16.9. The Balaban J connectivity index is 0.00000300. The SMILES string of the molecule is CN=C(NCc1nc(-c2ccc(Cl)cc2)no1)NCC1(CCOC)CCCC1.I. The van der Waals surface area contributed by atoms with Crippen LogP contribution in [-0.2, 0) is 11.3 Å². The van der Waals surface area contributed by atoms with Gasteiger partial charge in [0.05, 0.1) is 6.54 Å². The lowest BCUT2D eigenvalue weighted by atomic mass is 9.83. The smallest absolute Gasteiger partial charge is 0.246 e. The highest BCUT2D eigenvalue weighted by molar-refractivity contribution is 14.0. The molecule has 0 atom stereocenters. The number of hydrogen-bond donors (Lipinski definition) is 2. The van der Waals surface area contributed by atoms with E-state index in [1.54, 1.807) is 26.3 Å². The maximum atomic E-state index is 5.92. The molecule has 9 heteroatoms. The van der Waals surface area contributed by atoms with E-state index >= 15 is 0 Å². The van der Waals surface area contributed by atoms with Crippen LogP contribution in [0.5, 0.6) is 0 Å². The van der Waals surface area contributed by atoms with E-state index in [0.717, 1.165) is 31.1 Å². The van der Waals surface area contributed by atoms with E-state index in [1.165, 1.54) is 25.7 Å². The molecular weight excluding hydrogens is 505 g/mol. The third-order valence-corrected chi connectivity index (χ3v) is 5.58. The molecule has 1 aromatic heterocycles. The molecular formula is C20H29ClIN5O2. The average molecular weight is 534 g/mol. The van der Waals surface area contributed by atoms with Crippen LogP contribution in [0.15, 0.2) is 33.8 Å². The highest BCUT2D eigenvalue weighted by atomic mass is 127. The maximum absolute atomic E-state index is 5.92. The van der Waals surface area contributed by atoms with Crippen molar-refractivity contribution in [2.75, 3.05) is 27.3 Å². The quantitative estimate of drug-likeness (QED) is 0.300. The lowest BCUT2D eigenvalue weighted by Gasteiger charge is -2.29. The molecule has 1 aromatic carbocycles. The average Bonchev–Trinajstić information content (AvgIpc) is 3.37. The van der Waals surface area contributed by atoms with E-state index in [1.807, 2.05) is 12.1 Å². The van der Waals surface area contributed by atoms with Gasteiger partial charge in [0.2, 0.25) is 11.7 Å². The van der Waals surface area contributed by atoms with E-state index in [9.17, 15) is 0 Å². The number of nitrogens with zero attached hydrogens (tertiary/aromatic N) is 3. The lowest BCUT2D eigenvalue weighted by Crippen LogP contribution is -2.43. The van der Waals surface area contributed by atoms with E-state index in [2.05, 4.69) is 25.8 Å². The minimum Gasteiger partial charge on any atom is -0.385 e. The molecule has 0 radical (unpaired) electrons. The van der Waals surface area contributed by atoms with Crippen LogP contribution in [0.4, 0.5) is 0 Å². The Hall–Kier alpha value is -1.39. The van der Waals surface area contributed by atoms with Crippen molar-refractivity contribution in [3.8, 4) is 11.4 Å². The summed E-state index contributed by atoms with van der Waals surface area (Å²) >= 11 is 5.92. The number of ether oxygens (including phenoxy) is 1. The van der Waals surface area contributed by atoms with Gasteiger partial charge in [0, 0.05) is 37.9 Å². The Labute approximate surface area is 194 Å². The number of aromatic nitrogens is 2. The Morgan fingerprint density at radius 1 is 1.24 bits per heavy atom. The first kappa shape index (κ1) is 23.9. The van der Waals surface area contributed by atoms with Gasteiger partial charge in [-0.2, -0.15) is 4.98 Å². The molecule has 160 valence electrons. The van der Waals surface area contributed by atoms with E-state index in [-0.39, 0.29) is 24.0 Å². The van der Waals surface area contributed by atoms with Gasteiger partial charge >= 0.3 is 0 Å². The number of halogens is 2. The molecule has 29 heavy (non-hydrogen) atoms. The van der Waals surface area contributed by atoms with E-state index < -0.39 is 0 Å². The Bertz CT molecular complexity index is 775. The van der Waals surface area contributed by atoms with Crippen molar-refractivity contribution in [2.45, 2.75) is 38.6 Å². The molecule has 1 aliphatic carbocycles. The number of methoxy groups -OCH3 is 1. The Morgan fingerprint density at radius 2 is 1.97 bits per heavy atom. The minimum absolute atomic E-state index is 0. The van der Waals surface area contributed by atoms with Gasteiger partial charge in [-0.15, -0.1) is 24.0 Å². The van der Waals surface area contributed by atoms with Gasteiger partial charge in [-0.05, 0) is 48.9 Å². The second-order valence-electron chi connectivity index (χ2n) is 7.25. The molecule has 1 fully saturated rings. The first-order valence-corrected chi connectivity index (χ1v) is 10.0. The third-order valence-electron chi connectivity index (χ3n) is 5.33. The van der Waals surface area contributed by atoms with Gasteiger partial charge in [0.1, 0.15) is 0 Å². The fourth-order valence-corrected chi connectivity index (χ4v) is 3.78. The molecule has 0 amide bonds. The molecule has 3 rings (SSSR count). The number of rotatable bonds is 8. The molecule has 2 N–H and O–H groups in total. The van der Waals surface area contributed by atoms with Gasteiger partial charge in [-0.3, -0.25) is 4.99 Å². The summed E-state index contributed by atoms with van der Waals surface area (Å²) in [4.78, 5) is 8.73. The van der Waals surface area contributed by atoms with Crippen LogP contribution >= 0.6 is 35.6 Å². The number of aliphatic imine (C=N–C) groups is 1. The van der Waals surface area contributed by atoms with Crippen molar-refractivity contribution >= 4 is 41.5 Å². The van der Waals surface area contributed by atoms with Gasteiger partial charge in [0.15, 0.2) is 5.96 Å². The second kappa shape index (κ2) is 11.7. The highest BCUT2D eigenvalue weighted by Crippen LogP contribution is 2.40. The summed E-state index contributed by atoms with van der Waals surface area (Å²) in [5.41, 5.74) is 1.16. The van der Waals surface area contributed by atoms with Crippen molar-refractivity contribution < 1.29 is 9.26 Å². The summed E-state index contributed by atoms with van der Waals surface area (Å²) in [6.07, 6.45) is 6.10. The Kier molecular flexibility index (Phi) is 9.64. The van der Waals surface area contributed by atoms with Crippen LogP contribution < -0.4 is 10.6 Å². The third kappa shape index (κ3) is 6.82. The van der Waals surface area contributed by atoms with Gasteiger partial charge in [-0.25, -0.2) is 0 Å². The lowest BCUT2D eigenvalue weighted by molar-refractivity contribution is 0.138. The predicted molar refractivity (Wildman–Crippen MR) is 126 cm³/mol. The second-order valence-corrected chi connectivity index (χ2v) is 7.68.